The van der Waals surface area contributed by atoms with Crippen molar-refractivity contribution in [2.24, 2.45) is 0 Å². The van der Waals surface area contributed by atoms with Gasteiger partial charge in [0, 0.05) is 17.7 Å². The van der Waals surface area contributed by atoms with Crippen molar-refractivity contribution in [1.29, 1.82) is 0 Å². The number of benzene rings is 2. The number of carbonyl (C=O) groups excluding carboxylic acids is 2. The zero-order valence-electron chi connectivity index (χ0n) is 14.7. The number of amides is 1. The lowest BCUT2D eigenvalue weighted by atomic mass is 10.0. The SMILES string of the molecule is O=Cc1ccccc1OC[C@@H]1COCCN1C(=O)c1cccc(O)c1CO. The molecule has 2 N–H and O–H groups in total. The first-order valence-electron chi connectivity index (χ1n) is 8.63. The van der Waals surface area contributed by atoms with Crippen LogP contribution in [-0.4, -0.2) is 59.7 Å². The van der Waals surface area contributed by atoms with Crippen LogP contribution in [0.5, 0.6) is 11.5 Å². The van der Waals surface area contributed by atoms with E-state index in [9.17, 15) is 19.8 Å². The summed E-state index contributed by atoms with van der Waals surface area (Å²) < 4.78 is 11.2. The summed E-state index contributed by atoms with van der Waals surface area (Å²) in [6.07, 6.45) is 0.718. The highest BCUT2D eigenvalue weighted by Gasteiger charge is 2.30. The lowest BCUT2D eigenvalue weighted by molar-refractivity contribution is -0.0152. The number of carbonyl (C=O) groups is 2. The van der Waals surface area contributed by atoms with Crippen LogP contribution in [0.3, 0.4) is 0 Å². The average molecular weight is 371 g/mol. The first-order chi connectivity index (χ1) is 13.2. The average Bonchev–Trinajstić information content (AvgIpc) is 2.72. The number of phenols is 1. The molecule has 142 valence electrons. The highest BCUT2D eigenvalue weighted by atomic mass is 16.5. The molecule has 1 atom stereocenters. The number of rotatable bonds is 6. The van der Waals surface area contributed by atoms with E-state index in [-0.39, 0.29) is 35.4 Å². The molecule has 1 aliphatic heterocycles. The minimum absolute atomic E-state index is 0.121. The van der Waals surface area contributed by atoms with E-state index < -0.39 is 6.61 Å². The molecule has 0 aromatic heterocycles. The third-order valence-electron chi connectivity index (χ3n) is 4.51. The normalized spacial score (nSPS) is 16.8. The van der Waals surface area contributed by atoms with Crippen LogP contribution in [0.1, 0.15) is 26.3 Å². The fourth-order valence-electron chi connectivity index (χ4n) is 3.05. The number of hydrogen-bond acceptors (Lipinski definition) is 6. The fourth-order valence-corrected chi connectivity index (χ4v) is 3.05. The molecule has 1 aliphatic rings. The van der Waals surface area contributed by atoms with Crippen LogP contribution in [0.15, 0.2) is 42.5 Å². The van der Waals surface area contributed by atoms with Crippen LogP contribution in [0.4, 0.5) is 0 Å². The Morgan fingerprint density at radius 1 is 1.26 bits per heavy atom. The van der Waals surface area contributed by atoms with Gasteiger partial charge in [-0.1, -0.05) is 18.2 Å². The number of aromatic hydroxyl groups is 1. The van der Waals surface area contributed by atoms with Gasteiger partial charge in [-0.15, -0.1) is 0 Å². The van der Waals surface area contributed by atoms with E-state index in [0.29, 0.717) is 31.1 Å². The van der Waals surface area contributed by atoms with Crippen molar-refractivity contribution in [2.45, 2.75) is 12.6 Å². The van der Waals surface area contributed by atoms with Gasteiger partial charge in [0.15, 0.2) is 6.29 Å². The van der Waals surface area contributed by atoms with Crippen molar-refractivity contribution in [3.8, 4) is 11.5 Å². The highest BCUT2D eigenvalue weighted by Crippen LogP contribution is 2.24. The van der Waals surface area contributed by atoms with Crippen molar-refractivity contribution in [2.75, 3.05) is 26.4 Å². The van der Waals surface area contributed by atoms with Crippen molar-refractivity contribution in [1.82, 2.24) is 4.90 Å². The topological polar surface area (TPSA) is 96.3 Å². The number of nitrogens with zero attached hydrogens (tertiary/aromatic N) is 1. The summed E-state index contributed by atoms with van der Waals surface area (Å²) in [4.78, 5) is 25.7. The Bertz CT molecular complexity index is 822. The van der Waals surface area contributed by atoms with E-state index in [4.69, 9.17) is 9.47 Å². The van der Waals surface area contributed by atoms with Crippen LogP contribution in [0.25, 0.3) is 0 Å². The molecule has 0 spiro atoms. The number of hydrogen-bond donors (Lipinski definition) is 2. The monoisotopic (exact) mass is 371 g/mol. The molecule has 7 heteroatoms. The molecule has 0 unspecified atom stereocenters. The molecule has 1 fully saturated rings. The van der Waals surface area contributed by atoms with Crippen molar-refractivity contribution >= 4 is 12.2 Å². The zero-order valence-corrected chi connectivity index (χ0v) is 14.7. The largest absolute Gasteiger partial charge is 0.508 e. The second-order valence-corrected chi connectivity index (χ2v) is 6.16. The van der Waals surface area contributed by atoms with Crippen LogP contribution in [0, 0.1) is 0 Å². The first-order valence-corrected chi connectivity index (χ1v) is 8.63. The lowest BCUT2D eigenvalue weighted by Gasteiger charge is -2.35. The van der Waals surface area contributed by atoms with Gasteiger partial charge in [0.1, 0.15) is 18.1 Å². The zero-order chi connectivity index (χ0) is 19.2. The summed E-state index contributed by atoms with van der Waals surface area (Å²) >= 11 is 0. The second-order valence-electron chi connectivity index (χ2n) is 6.16. The first kappa shape index (κ1) is 18.9. The predicted octanol–water partition coefficient (Wildman–Crippen LogP) is 1.62. The molecule has 2 aromatic rings. The van der Waals surface area contributed by atoms with Gasteiger partial charge >= 0.3 is 0 Å². The van der Waals surface area contributed by atoms with Gasteiger partial charge in [-0.2, -0.15) is 0 Å². The molecule has 2 aromatic carbocycles. The van der Waals surface area contributed by atoms with Crippen molar-refractivity contribution in [3.63, 3.8) is 0 Å². The Kier molecular flexibility index (Phi) is 6.05. The summed E-state index contributed by atoms with van der Waals surface area (Å²) in [5, 5.41) is 19.4. The summed E-state index contributed by atoms with van der Waals surface area (Å²) in [6, 6.07) is 11.1. The van der Waals surface area contributed by atoms with Gasteiger partial charge in [0.05, 0.1) is 31.4 Å². The van der Waals surface area contributed by atoms with Gasteiger partial charge in [-0.05, 0) is 24.3 Å². The maximum absolute atomic E-state index is 13.0. The highest BCUT2D eigenvalue weighted by molar-refractivity contribution is 5.96. The number of aldehydes is 1. The van der Waals surface area contributed by atoms with Crippen molar-refractivity contribution in [3.05, 3.63) is 59.2 Å². The summed E-state index contributed by atoms with van der Waals surface area (Å²) in [6.45, 7) is 0.765. The van der Waals surface area contributed by atoms with E-state index in [0.717, 1.165) is 6.29 Å². The standard InChI is InChI=1S/C20H21NO6/c22-10-14-4-1-2-7-19(14)27-13-15-12-26-9-8-21(15)20(25)16-5-3-6-18(24)17(16)11-23/h1-7,10,15,23-24H,8-9,11-13H2/t15-/m0/s1. The Balaban J connectivity index is 1.78. The number of morpholine rings is 1. The molecule has 0 radical (unpaired) electrons. The minimum atomic E-state index is -0.439. The van der Waals surface area contributed by atoms with Crippen LogP contribution >= 0.6 is 0 Å². The van der Waals surface area contributed by atoms with Gasteiger partial charge in [-0.3, -0.25) is 9.59 Å². The second kappa shape index (κ2) is 8.66. The van der Waals surface area contributed by atoms with Gasteiger partial charge < -0.3 is 24.6 Å². The Morgan fingerprint density at radius 3 is 2.85 bits per heavy atom. The maximum Gasteiger partial charge on any atom is 0.254 e. The van der Waals surface area contributed by atoms with Crippen LogP contribution in [-0.2, 0) is 11.3 Å². The van der Waals surface area contributed by atoms with Crippen LogP contribution < -0.4 is 4.74 Å². The molecule has 1 heterocycles. The molecule has 7 nitrogen and oxygen atoms in total. The molecule has 0 saturated carbocycles. The van der Waals surface area contributed by atoms with Gasteiger partial charge in [-0.25, -0.2) is 0 Å². The third kappa shape index (κ3) is 4.10. The number of aliphatic hydroxyl groups is 1. The predicted molar refractivity (Wildman–Crippen MR) is 97.0 cm³/mol. The summed E-state index contributed by atoms with van der Waals surface area (Å²) in [7, 11) is 0. The van der Waals surface area contributed by atoms with Gasteiger partial charge in [0.25, 0.3) is 5.91 Å². The molecule has 27 heavy (non-hydrogen) atoms. The summed E-state index contributed by atoms with van der Waals surface area (Å²) in [5.74, 6) is 0.0127. The molecule has 1 saturated heterocycles. The fraction of sp³-hybridized carbons (Fsp3) is 0.300. The molecular formula is C20H21NO6. The van der Waals surface area contributed by atoms with Crippen molar-refractivity contribution < 1.29 is 29.3 Å². The smallest absolute Gasteiger partial charge is 0.254 e. The maximum atomic E-state index is 13.0. The molecule has 1 amide bonds. The quantitative estimate of drug-likeness (QED) is 0.749. The van der Waals surface area contributed by atoms with E-state index in [1.807, 2.05) is 0 Å². The molecule has 0 bridgehead atoms. The van der Waals surface area contributed by atoms with Crippen LogP contribution in [0.2, 0.25) is 0 Å². The number of ether oxygens (including phenoxy) is 2. The number of para-hydroxylation sites is 1. The Morgan fingerprint density at radius 2 is 2.07 bits per heavy atom. The Labute approximate surface area is 156 Å². The number of aliphatic hydroxyl groups excluding tert-OH is 1. The molecular weight excluding hydrogens is 350 g/mol. The van der Waals surface area contributed by atoms with Gasteiger partial charge in [0.2, 0.25) is 0 Å². The van der Waals surface area contributed by atoms with E-state index in [1.165, 1.54) is 6.07 Å². The van der Waals surface area contributed by atoms with E-state index >= 15 is 0 Å². The van der Waals surface area contributed by atoms with E-state index in [1.54, 1.807) is 41.3 Å². The minimum Gasteiger partial charge on any atom is -0.508 e. The van der Waals surface area contributed by atoms with E-state index in [2.05, 4.69) is 0 Å². The third-order valence-corrected chi connectivity index (χ3v) is 4.51. The molecule has 3 rings (SSSR count). The Hall–Kier alpha value is -2.90. The molecule has 0 aliphatic carbocycles. The lowest BCUT2D eigenvalue weighted by Crippen LogP contribution is -2.51. The summed E-state index contributed by atoms with van der Waals surface area (Å²) in [5.41, 5.74) is 0.875.